The minimum Gasteiger partial charge on any atom is -0.457 e. The van der Waals surface area contributed by atoms with E-state index >= 15 is 0 Å². The fourth-order valence-electron chi connectivity index (χ4n) is 1.81. The lowest BCUT2D eigenvalue weighted by molar-refractivity contribution is 0.0469. The maximum absolute atomic E-state index is 13.8. The van der Waals surface area contributed by atoms with Crippen LogP contribution in [0.15, 0.2) is 36.4 Å². The van der Waals surface area contributed by atoms with Crippen molar-refractivity contribution in [3.05, 3.63) is 64.5 Å². The first-order chi connectivity index (χ1) is 10.0. The molecule has 2 aromatic carbocycles. The number of nitrogens with two attached hydrogens (primary N) is 1. The number of anilines is 1. The molecule has 106 valence electrons. The molecule has 2 rings (SSSR count). The first-order valence-electron chi connectivity index (χ1n) is 6.23. The van der Waals surface area contributed by atoms with Crippen LogP contribution in [0, 0.1) is 24.1 Å². The van der Waals surface area contributed by atoms with Crippen molar-refractivity contribution in [1.29, 1.82) is 5.26 Å². The molecule has 0 aliphatic rings. The van der Waals surface area contributed by atoms with Gasteiger partial charge in [-0.1, -0.05) is 12.1 Å². The van der Waals surface area contributed by atoms with Gasteiger partial charge < -0.3 is 10.5 Å². The van der Waals surface area contributed by atoms with E-state index in [1.165, 1.54) is 18.2 Å². The molecule has 21 heavy (non-hydrogen) atoms. The van der Waals surface area contributed by atoms with Gasteiger partial charge in [0.2, 0.25) is 0 Å². The highest BCUT2D eigenvalue weighted by molar-refractivity contribution is 5.90. The molecule has 0 fully saturated rings. The van der Waals surface area contributed by atoms with E-state index in [2.05, 4.69) is 0 Å². The third-order valence-corrected chi connectivity index (χ3v) is 3.06. The van der Waals surface area contributed by atoms with Crippen molar-refractivity contribution in [2.45, 2.75) is 13.5 Å². The third-order valence-electron chi connectivity index (χ3n) is 3.06. The van der Waals surface area contributed by atoms with Crippen LogP contribution in [-0.2, 0) is 11.3 Å². The number of carbonyl (C=O) groups excluding carboxylic acids is 1. The van der Waals surface area contributed by atoms with Crippen LogP contribution in [0.1, 0.15) is 27.0 Å². The Labute approximate surface area is 121 Å². The second-order valence-electron chi connectivity index (χ2n) is 4.54. The van der Waals surface area contributed by atoms with Crippen LogP contribution in [0.3, 0.4) is 0 Å². The largest absolute Gasteiger partial charge is 0.457 e. The fourth-order valence-corrected chi connectivity index (χ4v) is 1.81. The average Bonchev–Trinajstić information content (AvgIpc) is 2.48. The summed E-state index contributed by atoms with van der Waals surface area (Å²) in [4.78, 5) is 11.9. The number of ether oxygens (including phenoxy) is 1. The number of hydrogen-bond donors (Lipinski definition) is 1. The third kappa shape index (κ3) is 3.18. The van der Waals surface area contributed by atoms with Crippen molar-refractivity contribution in [1.82, 2.24) is 0 Å². The zero-order valence-electron chi connectivity index (χ0n) is 11.4. The Bertz CT molecular complexity index is 736. The molecule has 0 spiro atoms. The number of nitriles is 1. The summed E-state index contributed by atoms with van der Waals surface area (Å²) in [6.07, 6.45) is 0. The van der Waals surface area contributed by atoms with Gasteiger partial charge in [0.15, 0.2) is 0 Å². The van der Waals surface area contributed by atoms with E-state index in [1.54, 1.807) is 31.2 Å². The van der Waals surface area contributed by atoms with E-state index in [9.17, 15) is 9.18 Å². The van der Waals surface area contributed by atoms with Crippen molar-refractivity contribution in [3.8, 4) is 6.07 Å². The Kier molecular flexibility index (Phi) is 4.19. The number of nitrogens with zero attached hydrogens (tertiary/aromatic N) is 1. The van der Waals surface area contributed by atoms with E-state index in [0.29, 0.717) is 11.3 Å². The maximum Gasteiger partial charge on any atom is 0.338 e. The predicted molar refractivity (Wildman–Crippen MR) is 75.8 cm³/mol. The molecule has 0 amide bonds. The van der Waals surface area contributed by atoms with E-state index in [0.717, 1.165) is 5.56 Å². The smallest absolute Gasteiger partial charge is 0.338 e. The number of rotatable bonds is 3. The Balaban J connectivity index is 2.11. The van der Waals surface area contributed by atoms with E-state index < -0.39 is 11.8 Å². The van der Waals surface area contributed by atoms with Crippen molar-refractivity contribution < 1.29 is 13.9 Å². The van der Waals surface area contributed by atoms with Crippen molar-refractivity contribution in [3.63, 3.8) is 0 Å². The molecule has 0 heterocycles. The second kappa shape index (κ2) is 6.06. The molecule has 2 aromatic rings. The Hall–Kier alpha value is -2.87. The lowest BCUT2D eigenvalue weighted by Crippen LogP contribution is -2.07. The maximum atomic E-state index is 13.8. The summed E-state index contributed by atoms with van der Waals surface area (Å²) in [7, 11) is 0. The van der Waals surface area contributed by atoms with Crippen LogP contribution in [-0.4, -0.2) is 5.97 Å². The van der Waals surface area contributed by atoms with Gasteiger partial charge in [0.1, 0.15) is 18.5 Å². The number of hydrogen-bond acceptors (Lipinski definition) is 4. The summed E-state index contributed by atoms with van der Waals surface area (Å²) >= 11 is 0. The first-order valence-corrected chi connectivity index (χ1v) is 6.23. The van der Waals surface area contributed by atoms with Gasteiger partial charge in [-0.25, -0.2) is 9.18 Å². The molecule has 0 aliphatic carbocycles. The molecule has 2 N–H and O–H groups in total. The first kappa shape index (κ1) is 14.5. The summed E-state index contributed by atoms with van der Waals surface area (Å²) in [5, 5.41) is 8.75. The molecule has 0 unspecified atom stereocenters. The predicted octanol–water partition coefficient (Wildman–Crippen LogP) is 2.95. The lowest BCUT2D eigenvalue weighted by Gasteiger charge is -2.08. The van der Waals surface area contributed by atoms with Crippen molar-refractivity contribution >= 4 is 11.7 Å². The molecule has 0 bridgehead atoms. The zero-order valence-corrected chi connectivity index (χ0v) is 11.4. The highest BCUT2D eigenvalue weighted by atomic mass is 19.1. The van der Waals surface area contributed by atoms with Crippen LogP contribution < -0.4 is 5.73 Å². The topological polar surface area (TPSA) is 76.1 Å². The number of aryl methyl sites for hydroxylation is 1. The molecular weight excluding hydrogens is 271 g/mol. The van der Waals surface area contributed by atoms with Gasteiger partial charge in [-0.3, -0.25) is 0 Å². The molecular formula is C16H13FN2O2. The number of nitrogen functional groups attached to an aromatic ring is 1. The number of benzene rings is 2. The molecule has 0 atom stereocenters. The van der Waals surface area contributed by atoms with Crippen LogP contribution >= 0.6 is 0 Å². The van der Waals surface area contributed by atoms with E-state index in [-0.39, 0.29) is 17.7 Å². The molecule has 0 saturated carbocycles. The van der Waals surface area contributed by atoms with Crippen LogP contribution in [0.5, 0.6) is 0 Å². The van der Waals surface area contributed by atoms with Gasteiger partial charge in [0, 0.05) is 11.3 Å². The van der Waals surface area contributed by atoms with Crippen LogP contribution in [0.2, 0.25) is 0 Å². The van der Waals surface area contributed by atoms with Crippen LogP contribution in [0.25, 0.3) is 0 Å². The fraction of sp³-hybridized carbons (Fsp3) is 0.125. The van der Waals surface area contributed by atoms with E-state index in [1.807, 2.05) is 0 Å². The minimum atomic E-state index is -0.665. The second-order valence-corrected chi connectivity index (χ2v) is 4.54. The van der Waals surface area contributed by atoms with Gasteiger partial charge in [-0.05, 0) is 36.8 Å². The summed E-state index contributed by atoms with van der Waals surface area (Å²) in [6.45, 7) is 1.55. The highest BCUT2D eigenvalue weighted by Crippen LogP contribution is 2.16. The average molecular weight is 284 g/mol. The normalized spacial score (nSPS) is 9.95. The number of carbonyl (C=O) groups is 1. The molecule has 0 aromatic heterocycles. The standard InChI is InChI=1S/C16H13FN2O2/c1-10-7-11(5-6-14(10)19)16(20)21-9-13-4-2-3-12(8-18)15(13)17/h2-7H,9,19H2,1H3. The summed E-state index contributed by atoms with van der Waals surface area (Å²) < 4.78 is 18.9. The monoisotopic (exact) mass is 284 g/mol. The molecule has 0 radical (unpaired) electrons. The van der Waals surface area contributed by atoms with Crippen molar-refractivity contribution in [2.24, 2.45) is 0 Å². The molecule has 4 nitrogen and oxygen atoms in total. The molecule has 5 heteroatoms. The summed E-state index contributed by atoms with van der Waals surface area (Å²) in [5.74, 6) is -1.24. The molecule has 0 aliphatic heterocycles. The Morgan fingerprint density at radius 2 is 2.14 bits per heavy atom. The van der Waals surface area contributed by atoms with Crippen LogP contribution in [0.4, 0.5) is 10.1 Å². The number of halogens is 1. The van der Waals surface area contributed by atoms with Gasteiger partial charge in [-0.15, -0.1) is 0 Å². The van der Waals surface area contributed by atoms with Gasteiger partial charge in [0.25, 0.3) is 0 Å². The Morgan fingerprint density at radius 3 is 2.81 bits per heavy atom. The van der Waals surface area contributed by atoms with Gasteiger partial charge in [-0.2, -0.15) is 5.26 Å². The van der Waals surface area contributed by atoms with Gasteiger partial charge in [0.05, 0.1) is 11.1 Å². The summed E-state index contributed by atoms with van der Waals surface area (Å²) in [5.41, 5.74) is 7.45. The van der Waals surface area contributed by atoms with E-state index in [4.69, 9.17) is 15.7 Å². The quantitative estimate of drug-likeness (QED) is 0.694. The lowest BCUT2D eigenvalue weighted by atomic mass is 10.1. The highest BCUT2D eigenvalue weighted by Gasteiger charge is 2.12. The number of esters is 1. The SMILES string of the molecule is Cc1cc(C(=O)OCc2cccc(C#N)c2F)ccc1N. The zero-order chi connectivity index (χ0) is 15.4. The van der Waals surface area contributed by atoms with Crippen molar-refractivity contribution in [2.75, 3.05) is 5.73 Å². The Morgan fingerprint density at radius 1 is 1.38 bits per heavy atom. The molecule has 0 saturated heterocycles. The summed E-state index contributed by atoms with van der Waals surface area (Å²) in [6, 6.07) is 10.9. The van der Waals surface area contributed by atoms with Gasteiger partial charge >= 0.3 is 5.97 Å². The minimum absolute atomic E-state index is 0.0770.